The van der Waals surface area contributed by atoms with Gasteiger partial charge in [-0.1, -0.05) is 47.6 Å². The molecule has 2 atom stereocenters. The van der Waals surface area contributed by atoms with Crippen LogP contribution in [0.4, 0.5) is 5.69 Å². The molecule has 0 saturated carbocycles. The Balaban J connectivity index is 1.79. The van der Waals surface area contributed by atoms with Gasteiger partial charge in [0.1, 0.15) is 23.9 Å². The Hall–Kier alpha value is -1.75. The number of nitrogens with one attached hydrogen (secondary N) is 1. The van der Waals surface area contributed by atoms with Crippen molar-refractivity contribution in [2.75, 3.05) is 11.9 Å². The van der Waals surface area contributed by atoms with Crippen molar-refractivity contribution in [3.05, 3.63) is 70.9 Å². The highest BCUT2D eigenvalue weighted by molar-refractivity contribution is 7.80. The molecule has 2 aromatic carbocycles. The van der Waals surface area contributed by atoms with Crippen LogP contribution < -0.4 is 10.1 Å². The molecule has 1 aliphatic heterocycles. The van der Waals surface area contributed by atoms with E-state index in [1.54, 1.807) is 12.3 Å². The predicted molar refractivity (Wildman–Crippen MR) is 107 cm³/mol. The molecule has 0 amide bonds. The van der Waals surface area contributed by atoms with Gasteiger partial charge in [-0.2, -0.15) is 0 Å². The number of hydrogen-bond donors (Lipinski definition) is 1. The fraction of sp³-hybridized carbons (Fsp3) is 0.211. The molecule has 2 unspecified atom stereocenters. The largest absolute Gasteiger partial charge is 0.497 e. The van der Waals surface area contributed by atoms with Gasteiger partial charge in [0.05, 0.1) is 16.3 Å². The number of rotatable bonds is 5. The van der Waals surface area contributed by atoms with Crippen LogP contribution in [0.25, 0.3) is 0 Å². The summed E-state index contributed by atoms with van der Waals surface area (Å²) in [6.07, 6.45) is 3.43. The average molecular weight is 394 g/mol. The fourth-order valence-corrected chi connectivity index (χ4v) is 3.29. The van der Waals surface area contributed by atoms with Gasteiger partial charge in [-0.3, -0.25) is 0 Å². The van der Waals surface area contributed by atoms with Gasteiger partial charge in [-0.25, -0.2) is 0 Å². The maximum absolute atomic E-state index is 6.18. The second kappa shape index (κ2) is 7.65. The molecule has 0 saturated heterocycles. The lowest BCUT2D eigenvalue weighted by Crippen LogP contribution is -2.44. The predicted octanol–water partition coefficient (Wildman–Crippen LogP) is 5.73. The molecular formula is C19H17Cl2NO2S. The van der Waals surface area contributed by atoms with Gasteiger partial charge >= 0.3 is 0 Å². The second-order valence-electron chi connectivity index (χ2n) is 5.80. The van der Waals surface area contributed by atoms with E-state index < -0.39 is 5.41 Å². The monoisotopic (exact) mass is 393 g/mol. The Bertz CT molecular complexity index is 794. The minimum absolute atomic E-state index is 0.165. The molecule has 0 bridgehead atoms. The first-order valence-electron chi connectivity index (χ1n) is 7.79. The van der Waals surface area contributed by atoms with Crippen LogP contribution in [0.5, 0.6) is 5.75 Å². The summed E-state index contributed by atoms with van der Waals surface area (Å²) in [6.45, 7) is 2.28. The summed E-state index contributed by atoms with van der Waals surface area (Å²) >= 11 is 17.8. The van der Waals surface area contributed by atoms with E-state index in [9.17, 15) is 0 Å². The molecule has 3 nitrogen and oxygen atoms in total. The highest BCUT2D eigenvalue weighted by Crippen LogP contribution is 2.36. The van der Waals surface area contributed by atoms with E-state index in [4.69, 9.17) is 44.9 Å². The SMILES string of the molecule is CC1OC=CC1(COc1ccccc1Cl)C(=S)Nc1ccc(Cl)cc1. The normalized spacial score (nSPS) is 21.6. The first-order chi connectivity index (χ1) is 12.0. The van der Waals surface area contributed by atoms with Crippen LogP contribution in [-0.4, -0.2) is 17.7 Å². The topological polar surface area (TPSA) is 30.5 Å². The molecule has 0 aromatic heterocycles. The number of thiocarbonyl (C=S) groups is 1. The highest BCUT2D eigenvalue weighted by atomic mass is 35.5. The fourth-order valence-electron chi connectivity index (χ4n) is 2.57. The summed E-state index contributed by atoms with van der Waals surface area (Å²) in [4.78, 5) is 0.614. The smallest absolute Gasteiger partial charge is 0.137 e. The van der Waals surface area contributed by atoms with Gasteiger partial charge in [-0.15, -0.1) is 0 Å². The van der Waals surface area contributed by atoms with Crippen LogP contribution in [0.15, 0.2) is 60.9 Å². The number of para-hydroxylation sites is 1. The van der Waals surface area contributed by atoms with Crippen molar-refractivity contribution < 1.29 is 9.47 Å². The van der Waals surface area contributed by atoms with Crippen molar-refractivity contribution in [3.8, 4) is 5.75 Å². The number of hydrogen-bond acceptors (Lipinski definition) is 3. The zero-order valence-electron chi connectivity index (χ0n) is 13.5. The minimum Gasteiger partial charge on any atom is -0.497 e. The Morgan fingerprint density at radius 3 is 2.56 bits per heavy atom. The zero-order chi connectivity index (χ0) is 17.9. The third kappa shape index (κ3) is 3.92. The van der Waals surface area contributed by atoms with Crippen LogP contribution in [0.3, 0.4) is 0 Å². The van der Waals surface area contributed by atoms with E-state index >= 15 is 0 Å². The molecule has 0 radical (unpaired) electrons. The van der Waals surface area contributed by atoms with E-state index in [1.807, 2.05) is 55.5 Å². The number of benzene rings is 2. The lowest BCUT2D eigenvalue weighted by Gasteiger charge is -2.32. The molecule has 0 aliphatic carbocycles. The van der Waals surface area contributed by atoms with E-state index in [0.29, 0.717) is 27.4 Å². The first kappa shape index (κ1) is 18.1. The Kier molecular flexibility index (Phi) is 5.52. The van der Waals surface area contributed by atoms with Gasteiger partial charge in [-0.05, 0) is 49.4 Å². The van der Waals surface area contributed by atoms with E-state index in [1.165, 1.54) is 0 Å². The van der Waals surface area contributed by atoms with Crippen LogP contribution in [0.2, 0.25) is 10.0 Å². The number of ether oxygens (including phenoxy) is 2. The summed E-state index contributed by atoms with van der Waals surface area (Å²) in [5.74, 6) is 0.616. The third-order valence-corrected chi connectivity index (χ3v) is 5.25. The van der Waals surface area contributed by atoms with Crippen molar-refractivity contribution in [1.29, 1.82) is 0 Å². The molecule has 2 aromatic rings. The summed E-state index contributed by atoms with van der Waals surface area (Å²) in [7, 11) is 0. The molecule has 1 aliphatic rings. The molecule has 0 spiro atoms. The van der Waals surface area contributed by atoms with Gasteiger partial charge in [0, 0.05) is 10.7 Å². The maximum atomic E-state index is 6.18. The molecule has 130 valence electrons. The maximum Gasteiger partial charge on any atom is 0.137 e. The third-order valence-electron chi connectivity index (χ3n) is 4.20. The van der Waals surface area contributed by atoms with Gasteiger partial charge in [0.25, 0.3) is 0 Å². The summed E-state index contributed by atoms with van der Waals surface area (Å²) < 4.78 is 11.6. The Labute approximate surface area is 162 Å². The van der Waals surface area contributed by atoms with Crippen molar-refractivity contribution in [1.82, 2.24) is 0 Å². The van der Waals surface area contributed by atoms with Gasteiger partial charge in [0.15, 0.2) is 0 Å². The number of halogens is 2. The first-order valence-corrected chi connectivity index (χ1v) is 8.95. The van der Waals surface area contributed by atoms with Crippen molar-refractivity contribution >= 4 is 46.1 Å². The highest BCUT2D eigenvalue weighted by Gasteiger charge is 2.44. The molecule has 1 N–H and O–H groups in total. The summed E-state index contributed by atoms with van der Waals surface area (Å²) in [6, 6.07) is 14.7. The lowest BCUT2D eigenvalue weighted by atomic mass is 9.84. The summed E-state index contributed by atoms with van der Waals surface area (Å²) in [5, 5.41) is 4.49. The van der Waals surface area contributed by atoms with E-state index in [2.05, 4.69) is 5.32 Å². The average Bonchev–Trinajstić information content (AvgIpc) is 2.98. The zero-order valence-corrected chi connectivity index (χ0v) is 15.9. The van der Waals surface area contributed by atoms with Crippen LogP contribution >= 0.6 is 35.4 Å². The van der Waals surface area contributed by atoms with Crippen LogP contribution in [0.1, 0.15) is 6.92 Å². The molecule has 25 heavy (non-hydrogen) atoms. The second-order valence-corrected chi connectivity index (χ2v) is 7.05. The standard InChI is InChI=1S/C19H17Cl2NO2S/c1-13-19(10-11-23-13,12-24-17-5-3-2-4-16(17)21)18(25)22-15-8-6-14(20)7-9-15/h2-11,13H,12H2,1H3,(H,22,25). The Morgan fingerprint density at radius 1 is 1.20 bits per heavy atom. The van der Waals surface area contributed by atoms with E-state index in [-0.39, 0.29) is 6.10 Å². The van der Waals surface area contributed by atoms with Crippen molar-refractivity contribution in [3.63, 3.8) is 0 Å². The van der Waals surface area contributed by atoms with Crippen molar-refractivity contribution in [2.45, 2.75) is 13.0 Å². The lowest BCUT2D eigenvalue weighted by molar-refractivity contribution is 0.0955. The van der Waals surface area contributed by atoms with E-state index in [0.717, 1.165) is 5.69 Å². The van der Waals surface area contributed by atoms with Crippen molar-refractivity contribution in [2.24, 2.45) is 5.41 Å². The molecule has 1 heterocycles. The molecule has 3 rings (SSSR count). The molecular weight excluding hydrogens is 377 g/mol. The number of anilines is 1. The Morgan fingerprint density at radius 2 is 1.92 bits per heavy atom. The summed E-state index contributed by atoms with van der Waals surface area (Å²) in [5.41, 5.74) is 0.271. The van der Waals surface area contributed by atoms with Gasteiger partial charge < -0.3 is 14.8 Å². The van der Waals surface area contributed by atoms with Crippen LogP contribution in [-0.2, 0) is 4.74 Å². The quantitative estimate of drug-likeness (QED) is 0.656. The molecule has 6 heteroatoms. The van der Waals surface area contributed by atoms with Gasteiger partial charge in [0.2, 0.25) is 0 Å². The minimum atomic E-state index is -0.589. The van der Waals surface area contributed by atoms with Crippen LogP contribution in [0, 0.1) is 5.41 Å². The molecule has 0 fully saturated rings.